The van der Waals surface area contributed by atoms with Gasteiger partial charge in [0.2, 0.25) is 0 Å². The van der Waals surface area contributed by atoms with Crippen LogP contribution in [0.5, 0.6) is 0 Å². The average Bonchev–Trinajstić information content (AvgIpc) is 2.76. The second-order valence-electron chi connectivity index (χ2n) is 6.24. The summed E-state index contributed by atoms with van der Waals surface area (Å²) in [6.45, 7) is 10.3. The number of hydrogen-bond acceptors (Lipinski definition) is 1. The molecule has 0 spiro atoms. The van der Waals surface area contributed by atoms with Crippen LogP contribution >= 0.6 is 0 Å². The molecule has 0 saturated carbocycles. The van der Waals surface area contributed by atoms with Crippen molar-refractivity contribution in [1.82, 2.24) is 5.32 Å². The summed E-state index contributed by atoms with van der Waals surface area (Å²) in [5.74, 6) is 0.717. The summed E-state index contributed by atoms with van der Waals surface area (Å²) in [5, 5.41) is 3.60. The van der Waals surface area contributed by atoms with E-state index in [2.05, 4.69) is 57.3 Å². The molecule has 1 aromatic rings. The van der Waals surface area contributed by atoms with Crippen LogP contribution in [-0.2, 0) is 5.41 Å². The van der Waals surface area contributed by atoms with Gasteiger partial charge >= 0.3 is 0 Å². The van der Waals surface area contributed by atoms with Gasteiger partial charge in [-0.25, -0.2) is 0 Å². The molecule has 2 unspecified atom stereocenters. The van der Waals surface area contributed by atoms with E-state index in [1.807, 2.05) is 0 Å². The molecule has 0 radical (unpaired) electrons. The molecule has 1 fully saturated rings. The number of nitrogens with one attached hydrogen (secondary N) is 1. The second-order valence-corrected chi connectivity index (χ2v) is 6.24. The van der Waals surface area contributed by atoms with Crippen molar-refractivity contribution >= 4 is 0 Å². The summed E-state index contributed by atoms with van der Waals surface area (Å²) >= 11 is 0. The number of hydrogen-bond donors (Lipinski definition) is 1. The smallest absolute Gasteiger partial charge is 0.0134 e. The normalized spacial score (nSPS) is 25.2. The lowest BCUT2D eigenvalue weighted by molar-refractivity contribution is 0.530. The molecule has 1 aliphatic rings. The average molecular weight is 231 g/mol. The third kappa shape index (κ3) is 2.71. The van der Waals surface area contributed by atoms with E-state index in [-0.39, 0.29) is 5.41 Å². The van der Waals surface area contributed by atoms with Crippen LogP contribution < -0.4 is 5.32 Å². The Hall–Kier alpha value is -0.820. The van der Waals surface area contributed by atoms with Gasteiger partial charge in [-0.1, -0.05) is 52.0 Å². The Labute approximate surface area is 106 Å². The number of benzene rings is 1. The molecule has 17 heavy (non-hydrogen) atoms. The van der Waals surface area contributed by atoms with Crippen molar-refractivity contribution < 1.29 is 0 Å². The quantitative estimate of drug-likeness (QED) is 0.815. The van der Waals surface area contributed by atoms with E-state index >= 15 is 0 Å². The van der Waals surface area contributed by atoms with Gasteiger partial charge in [-0.3, -0.25) is 0 Å². The second kappa shape index (κ2) is 4.81. The van der Waals surface area contributed by atoms with Crippen molar-refractivity contribution in [2.75, 3.05) is 6.54 Å². The van der Waals surface area contributed by atoms with Crippen molar-refractivity contribution in [3.8, 4) is 0 Å². The minimum atomic E-state index is 0.261. The topological polar surface area (TPSA) is 12.0 Å². The maximum Gasteiger partial charge on any atom is 0.0134 e. The highest BCUT2D eigenvalue weighted by Gasteiger charge is 2.26. The van der Waals surface area contributed by atoms with Crippen LogP contribution in [0.1, 0.15) is 57.6 Å². The highest BCUT2D eigenvalue weighted by molar-refractivity contribution is 5.30. The SMILES string of the molecule is CCC1NCCC1c1ccc(C(C)(C)C)cc1. The molecule has 1 N–H and O–H groups in total. The Kier molecular flexibility index (Phi) is 3.58. The van der Waals surface area contributed by atoms with Gasteiger partial charge in [0.1, 0.15) is 0 Å². The third-order valence-electron chi connectivity index (χ3n) is 3.99. The largest absolute Gasteiger partial charge is 0.313 e. The van der Waals surface area contributed by atoms with Crippen LogP contribution in [0.4, 0.5) is 0 Å². The molecule has 2 atom stereocenters. The molecule has 1 aromatic carbocycles. The van der Waals surface area contributed by atoms with Crippen LogP contribution in [0, 0.1) is 0 Å². The summed E-state index contributed by atoms with van der Waals surface area (Å²) in [7, 11) is 0. The van der Waals surface area contributed by atoms with E-state index in [0.29, 0.717) is 12.0 Å². The molecule has 1 aliphatic heterocycles. The lowest BCUT2D eigenvalue weighted by Crippen LogP contribution is -2.24. The zero-order chi connectivity index (χ0) is 12.5. The van der Waals surface area contributed by atoms with Gasteiger partial charge in [0, 0.05) is 12.0 Å². The van der Waals surface area contributed by atoms with Crippen molar-refractivity contribution in [2.45, 2.75) is 57.9 Å². The maximum atomic E-state index is 3.60. The van der Waals surface area contributed by atoms with Crippen LogP contribution in [-0.4, -0.2) is 12.6 Å². The van der Waals surface area contributed by atoms with Gasteiger partial charge in [0.05, 0.1) is 0 Å². The molecule has 2 rings (SSSR count). The first-order valence-corrected chi connectivity index (χ1v) is 6.86. The van der Waals surface area contributed by atoms with Crippen LogP contribution in [0.3, 0.4) is 0 Å². The molecule has 1 heterocycles. The highest BCUT2D eigenvalue weighted by atomic mass is 14.9. The highest BCUT2D eigenvalue weighted by Crippen LogP contribution is 2.31. The van der Waals surface area contributed by atoms with E-state index in [0.717, 1.165) is 0 Å². The Morgan fingerprint density at radius 1 is 1.18 bits per heavy atom. The Morgan fingerprint density at radius 3 is 2.35 bits per heavy atom. The van der Waals surface area contributed by atoms with Crippen molar-refractivity contribution in [1.29, 1.82) is 0 Å². The summed E-state index contributed by atoms with van der Waals surface area (Å²) in [4.78, 5) is 0. The summed E-state index contributed by atoms with van der Waals surface area (Å²) in [6.07, 6.45) is 2.51. The van der Waals surface area contributed by atoms with E-state index in [9.17, 15) is 0 Å². The lowest BCUT2D eigenvalue weighted by atomic mass is 9.84. The van der Waals surface area contributed by atoms with E-state index in [1.165, 1.54) is 30.5 Å². The lowest BCUT2D eigenvalue weighted by Gasteiger charge is -2.22. The predicted octanol–water partition coefficient (Wildman–Crippen LogP) is 3.84. The summed E-state index contributed by atoms with van der Waals surface area (Å²) < 4.78 is 0. The van der Waals surface area contributed by atoms with Crippen molar-refractivity contribution in [2.24, 2.45) is 0 Å². The minimum Gasteiger partial charge on any atom is -0.313 e. The Morgan fingerprint density at radius 2 is 1.82 bits per heavy atom. The standard InChI is InChI=1S/C16H25N/c1-5-15-14(10-11-17-15)12-6-8-13(9-7-12)16(2,3)4/h6-9,14-15,17H,5,10-11H2,1-4H3. The zero-order valence-electron chi connectivity index (χ0n) is 11.6. The summed E-state index contributed by atoms with van der Waals surface area (Å²) in [5.41, 5.74) is 3.20. The molecule has 1 heteroatoms. The van der Waals surface area contributed by atoms with E-state index < -0.39 is 0 Å². The van der Waals surface area contributed by atoms with Crippen molar-refractivity contribution in [3.63, 3.8) is 0 Å². The van der Waals surface area contributed by atoms with Crippen LogP contribution in [0.15, 0.2) is 24.3 Å². The van der Waals surface area contributed by atoms with Gasteiger partial charge < -0.3 is 5.32 Å². The fraction of sp³-hybridized carbons (Fsp3) is 0.625. The first kappa shape index (κ1) is 12.6. The minimum absolute atomic E-state index is 0.261. The molecule has 0 amide bonds. The first-order chi connectivity index (χ1) is 8.02. The molecule has 0 aromatic heterocycles. The third-order valence-corrected chi connectivity index (χ3v) is 3.99. The van der Waals surface area contributed by atoms with E-state index in [4.69, 9.17) is 0 Å². The molecule has 1 saturated heterocycles. The Balaban J connectivity index is 2.18. The molecule has 1 nitrogen and oxygen atoms in total. The molecule has 0 aliphatic carbocycles. The van der Waals surface area contributed by atoms with Gasteiger partial charge in [-0.2, -0.15) is 0 Å². The van der Waals surface area contributed by atoms with Crippen LogP contribution in [0.2, 0.25) is 0 Å². The molecular weight excluding hydrogens is 206 g/mol. The molecular formula is C16H25N. The Bertz CT molecular complexity index is 358. The van der Waals surface area contributed by atoms with Crippen LogP contribution in [0.25, 0.3) is 0 Å². The van der Waals surface area contributed by atoms with Gasteiger partial charge in [0.25, 0.3) is 0 Å². The fourth-order valence-electron chi connectivity index (χ4n) is 2.83. The van der Waals surface area contributed by atoms with Gasteiger partial charge in [-0.05, 0) is 35.9 Å². The zero-order valence-corrected chi connectivity index (χ0v) is 11.6. The molecule has 0 bridgehead atoms. The van der Waals surface area contributed by atoms with E-state index in [1.54, 1.807) is 0 Å². The molecule has 94 valence electrons. The first-order valence-electron chi connectivity index (χ1n) is 6.86. The number of rotatable bonds is 2. The van der Waals surface area contributed by atoms with Crippen molar-refractivity contribution in [3.05, 3.63) is 35.4 Å². The maximum absolute atomic E-state index is 3.60. The fourth-order valence-corrected chi connectivity index (χ4v) is 2.83. The van der Waals surface area contributed by atoms with Gasteiger partial charge in [-0.15, -0.1) is 0 Å². The monoisotopic (exact) mass is 231 g/mol. The summed E-state index contributed by atoms with van der Waals surface area (Å²) in [6, 6.07) is 9.96. The van der Waals surface area contributed by atoms with Gasteiger partial charge in [0.15, 0.2) is 0 Å². The predicted molar refractivity (Wildman–Crippen MR) is 74.6 cm³/mol.